The zero-order chi connectivity index (χ0) is 26.6. The lowest BCUT2D eigenvalue weighted by atomic mass is 9.91. The van der Waals surface area contributed by atoms with E-state index in [1.165, 1.54) is 24.6 Å². The minimum absolute atomic E-state index is 0.0495. The van der Waals surface area contributed by atoms with E-state index in [2.05, 4.69) is 5.32 Å². The fraction of sp³-hybridized carbons (Fsp3) is 0.345. The maximum Gasteiger partial charge on any atom is 0.338 e. The number of fused-ring (bicyclic) bond motifs is 1. The number of benzene rings is 2. The summed E-state index contributed by atoms with van der Waals surface area (Å²) in [6.45, 7) is 2.71. The predicted octanol–water partition coefficient (Wildman–Crippen LogP) is 4.90. The molecule has 9 heteroatoms. The number of thioether (sulfide) groups is 1. The molecule has 1 atom stereocenters. The number of amidine groups is 1. The minimum atomic E-state index is -0.589. The van der Waals surface area contributed by atoms with Gasteiger partial charge in [-0.1, -0.05) is 48.2 Å². The normalized spacial score (nSPS) is 18.4. The largest absolute Gasteiger partial charge is 0.493 e. The number of hydrogen-bond donors (Lipinski definition) is 1. The van der Waals surface area contributed by atoms with E-state index in [0.717, 1.165) is 16.8 Å². The molecule has 1 amide bonds. The molecule has 1 aliphatic carbocycles. The van der Waals surface area contributed by atoms with Gasteiger partial charge in [-0.15, -0.1) is 0 Å². The first kappa shape index (κ1) is 25.9. The minimum Gasteiger partial charge on any atom is -0.493 e. The quantitative estimate of drug-likeness (QED) is 0.435. The molecule has 8 nitrogen and oxygen atoms in total. The zero-order valence-corrected chi connectivity index (χ0v) is 22.5. The van der Waals surface area contributed by atoms with Gasteiger partial charge in [-0.05, 0) is 48.8 Å². The van der Waals surface area contributed by atoms with Gasteiger partial charge in [0.15, 0.2) is 16.7 Å². The maximum absolute atomic E-state index is 13.6. The van der Waals surface area contributed by atoms with E-state index in [4.69, 9.17) is 19.2 Å². The Kier molecular flexibility index (Phi) is 7.74. The summed E-state index contributed by atoms with van der Waals surface area (Å²) in [5.41, 5.74) is 3.33. The summed E-state index contributed by atoms with van der Waals surface area (Å²) in [6, 6.07) is 14.6. The molecule has 3 aliphatic rings. The summed E-state index contributed by atoms with van der Waals surface area (Å²) in [5.74, 6) is 1.20. The molecule has 0 saturated heterocycles. The van der Waals surface area contributed by atoms with Crippen LogP contribution in [-0.4, -0.2) is 49.3 Å². The number of nitrogens with one attached hydrogen (secondary N) is 1. The number of ether oxygens (including phenoxy) is 3. The highest BCUT2D eigenvalue weighted by atomic mass is 32.2. The summed E-state index contributed by atoms with van der Waals surface area (Å²) in [6.07, 6.45) is 2.51. The molecule has 1 N–H and O–H groups in total. The molecule has 38 heavy (non-hydrogen) atoms. The molecule has 0 spiro atoms. The van der Waals surface area contributed by atoms with Gasteiger partial charge in [0.05, 0.1) is 44.6 Å². The molecule has 198 valence electrons. The Morgan fingerprint density at radius 1 is 1.08 bits per heavy atom. The average molecular weight is 534 g/mol. The molecule has 2 aromatic rings. The Morgan fingerprint density at radius 2 is 1.84 bits per heavy atom. The van der Waals surface area contributed by atoms with Crippen molar-refractivity contribution in [2.24, 2.45) is 10.9 Å². The summed E-state index contributed by atoms with van der Waals surface area (Å²) in [7, 11) is 3.16. The van der Waals surface area contributed by atoms with Crippen molar-refractivity contribution in [2.75, 3.05) is 27.4 Å². The van der Waals surface area contributed by atoms with Crippen molar-refractivity contribution in [1.29, 1.82) is 0 Å². The molecule has 0 unspecified atom stereocenters. The van der Waals surface area contributed by atoms with Gasteiger partial charge in [0.1, 0.15) is 0 Å². The molecule has 2 heterocycles. The van der Waals surface area contributed by atoms with E-state index in [1.54, 1.807) is 21.1 Å². The molecule has 5 rings (SSSR count). The van der Waals surface area contributed by atoms with Crippen LogP contribution in [0, 0.1) is 5.92 Å². The molecule has 2 aliphatic heterocycles. The number of methoxy groups -OCH3 is 2. The average Bonchev–Trinajstić information content (AvgIpc) is 3.70. The van der Waals surface area contributed by atoms with E-state index < -0.39 is 12.0 Å². The SMILES string of the molecule is CCOC(=O)C1=C(c2ccccc2)N=C2SC=C(CC(=O)NCC3CC3)N2[C@H]1c1ccc(OC)c(OC)c1. The lowest BCUT2D eigenvalue weighted by Gasteiger charge is -2.37. The van der Waals surface area contributed by atoms with Gasteiger partial charge in [-0.3, -0.25) is 4.79 Å². The number of carbonyl (C=O) groups is 2. The summed E-state index contributed by atoms with van der Waals surface area (Å²) < 4.78 is 16.6. The molecule has 1 saturated carbocycles. The second-order valence-corrected chi connectivity index (χ2v) is 10.1. The Morgan fingerprint density at radius 3 is 2.53 bits per heavy atom. The van der Waals surface area contributed by atoms with Crippen LogP contribution in [0.4, 0.5) is 0 Å². The van der Waals surface area contributed by atoms with Gasteiger partial charge in [-0.2, -0.15) is 0 Å². The van der Waals surface area contributed by atoms with E-state index in [9.17, 15) is 9.59 Å². The highest BCUT2D eigenvalue weighted by Crippen LogP contribution is 2.48. The van der Waals surface area contributed by atoms with Crippen molar-refractivity contribution in [2.45, 2.75) is 32.2 Å². The molecule has 1 fully saturated rings. The first-order valence-corrected chi connectivity index (χ1v) is 13.6. The number of rotatable bonds is 10. The number of amides is 1. The second-order valence-electron chi connectivity index (χ2n) is 9.28. The first-order valence-electron chi connectivity index (χ1n) is 12.7. The summed E-state index contributed by atoms with van der Waals surface area (Å²) in [5, 5.41) is 5.69. The van der Waals surface area contributed by atoms with E-state index in [-0.39, 0.29) is 18.9 Å². The fourth-order valence-corrected chi connectivity index (χ4v) is 5.55. The van der Waals surface area contributed by atoms with Crippen LogP contribution in [0.15, 0.2) is 70.2 Å². The number of esters is 1. The van der Waals surface area contributed by atoms with Gasteiger partial charge in [0.25, 0.3) is 0 Å². The van der Waals surface area contributed by atoms with Crippen LogP contribution in [0.25, 0.3) is 5.70 Å². The molecular formula is C29H31N3O5S. The van der Waals surface area contributed by atoms with Crippen LogP contribution in [0.1, 0.15) is 43.4 Å². The third-order valence-corrected chi connectivity index (χ3v) is 7.59. The Labute approximate surface area is 226 Å². The van der Waals surface area contributed by atoms with Gasteiger partial charge >= 0.3 is 5.97 Å². The van der Waals surface area contributed by atoms with Crippen molar-refractivity contribution in [3.8, 4) is 11.5 Å². The van der Waals surface area contributed by atoms with Crippen molar-refractivity contribution in [3.05, 3.63) is 76.3 Å². The molecule has 2 aromatic carbocycles. The summed E-state index contributed by atoms with van der Waals surface area (Å²) in [4.78, 5) is 33.4. The van der Waals surface area contributed by atoms with Crippen LogP contribution in [0.3, 0.4) is 0 Å². The Bertz CT molecular complexity index is 1320. The zero-order valence-electron chi connectivity index (χ0n) is 21.7. The van der Waals surface area contributed by atoms with Crippen molar-refractivity contribution in [1.82, 2.24) is 10.2 Å². The topological polar surface area (TPSA) is 89.5 Å². The van der Waals surface area contributed by atoms with Crippen molar-refractivity contribution in [3.63, 3.8) is 0 Å². The predicted molar refractivity (Wildman–Crippen MR) is 148 cm³/mol. The molecule has 0 radical (unpaired) electrons. The lowest BCUT2D eigenvalue weighted by molar-refractivity contribution is -0.139. The first-order chi connectivity index (χ1) is 18.5. The van der Waals surface area contributed by atoms with Crippen LogP contribution in [-0.2, 0) is 14.3 Å². The Hall–Kier alpha value is -3.72. The van der Waals surface area contributed by atoms with Gasteiger partial charge in [0, 0.05) is 17.8 Å². The number of hydrogen-bond acceptors (Lipinski definition) is 8. The smallest absolute Gasteiger partial charge is 0.338 e. The van der Waals surface area contributed by atoms with E-state index >= 15 is 0 Å². The maximum atomic E-state index is 13.6. The summed E-state index contributed by atoms with van der Waals surface area (Å²) >= 11 is 1.45. The van der Waals surface area contributed by atoms with Crippen molar-refractivity contribution < 1.29 is 23.8 Å². The Balaban J connectivity index is 1.62. The molecular weight excluding hydrogens is 502 g/mol. The lowest BCUT2D eigenvalue weighted by Crippen LogP contribution is -2.38. The number of carbonyl (C=O) groups excluding carboxylic acids is 2. The fourth-order valence-electron chi connectivity index (χ4n) is 4.63. The molecule has 0 aromatic heterocycles. The van der Waals surface area contributed by atoms with Crippen LogP contribution < -0.4 is 14.8 Å². The number of nitrogens with zero attached hydrogens (tertiary/aromatic N) is 2. The van der Waals surface area contributed by atoms with Gasteiger partial charge < -0.3 is 24.4 Å². The van der Waals surface area contributed by atoms with E-state index in [0.29, 0.717) is 40.4 Å². The van der Waals surface area contributed by atoms with Crippen molar-refractivity contribution >= 4 is 34.5 Å². The van der Waals surface area contributed by atoms with Gasteiger partial charge in [0.2, 0.25) is 5.91 Å². The second kappa shape index (κ2) is 11.3. The van der Waals surface area contributed by atoms with E-state index in [1.807, 2.05) is 58.8 Å². The van der Waals surface area contributed by atoms with Crippen LogP contribution in [0.5, 0.6) is 11.5 Å². The standard InChI is InChI=1S/C29H31N3O5S/c1-4-37-28(34)25-26(19-8-6-5-7-9-19)31-29-32(21(17-38-29)15-24(33)30-16-18-10-11-18)27(25)20-12-13-22(35-2)23(14-20)36-3/h5-9,12-14,17-18,27H,4,10-11,15-16H2,1-3H3,(H,30,33)/t27-/m0/s1. The van der Waals surface area contributed by atoms with Crippen LogP contribution in [0.2, 0.25) is 0 Å². The molecule has 0 bridgehead atoms. The number of aliphatic imine (C=N–C) groups is 1. The van der Waals surface area contributed by atoms with Gasteiger partial charge in [-0.25, -0.2) is 9.79 Å². The monoisotopic (exact) mass is 533 g/mol. The third-order valence-electron chi connectivity index (χ3n) is 6.70. The third kappa shape index (κ3) is 5.29. The highest BCUT2D eigenvalue weighted by molar-refractivity contribution is 8.16. The highest BCUT2D eigenvalue weighted by Gasteiger charge is 2.42. The van der Waals surface area contributed by atoms with Crippen LogP contribution >= 0.6 is 11.8 Å².